The average molecular weight is 457 g/mol. The van der Waals surface area contributed by atoms with Gasteiger partial charge >= 0.3 is 6.03 Å². The first-order chi connectivity index (χ1) is 16.5. The van der Waals surface area contributed by atoms with Gasteiger partial charge in [0.05, 0.1) is 0 Å². The SMILES string of the molecule is CC1(c2cccc3ccccc23)NC(=O)N(CC(=O)N2CCN(Cc3ccccc3)CC2)C1=O. The van der Waals surface area contributed by atoms with Gasteiger partial charge in [0.1, 0.15) is 12.1 Å². The van der Waals surface area contributed by atoms with E-state index in [2.05, 4.69) is 22.3 Å². The van der Waals surface area contributed by atoms with Crippen molar-refractivity contribution in [2.24, 2.45) is 0 Å². The summed E-state index contributed by atoms with van der Waals surface area (Å²) in [6.45, 7) is 4.99. The maximum Gasteiger partial charge on any atom is 0.325 e. The van der Waals surface area contributed by atoms with E-state index in [1.165, 1.54) is 5.56 Å². The van der Waals surface area contributed by atoms with Crippen LogP contribution in [-0.4, -0.2) is 65.3 Å². The fourth-order valence-corrected chi connectivity index (χ4v) is 4.92. The molecule has 2 aliphatic heterocycles. The van der Waals surface area contributed by atoms with Crippen LogP contribution in [0.5, 0.6) is 0 Å². The normalized spacial score (nSPS) is 21.2. The molecule has 0 aliphatic carbocycles. The molecule has 0 spiro atoms. The Balaban J connectivity index is 1.25. The molecule has 174 valence electrons. The lowest BCUT2D eigenvalue weighted by Gasteiger charge is -2.35. The van der Waals surface area contributed by atoms with Crippen molar-refractivity contribution in [3.63, 3.8) is 0 Å². The van der Waals surface area contributed by atoms with E-state index in [0.717, 1.165) is 40.9 Å². The third-order valence-electron chi connectivity index (χ3n) is 6.87. The van der Waals surface area contributed by atoms with E-state index in [0.29, 0.717) is 13.1 Å². The zero-order valence-corrected chi connectivity index (χ0v) is 19.2. The van der Waals surface area contributed by atoms with Gasteiger partial charge in [0.15, 0.2) is 0 Å². The molecule has 1 unspecified atom stereocenters. The molecule has 2 heterocycles. The fourth-order valence-electron chi connectivity index (χ4n) is 4.92. The first-order valence-corrected chi connectivity index (χ1v) is 11.6. The van der Waals surface area contributed by atoms with E-state index in [4.69, 9.17) is 0 Å². The maximum absolute atomic E-state index is 13.4. The second-order valence-electron chi connectivity index (χ2n) is 9.12. The number of nitrogens with zero attached hydrogens (tertiary/aromatic N) is 3. The molecular weight excluding hydrogens is 428 g/mol. The van der Waals surface area contributed by atoms with Crippen LogP contribution in [-0.2, 0) is 21.7 Å². The third kappa shape index (κ3) is 4.03. The molecule has 34 heavy (non-hydrogen) atoms. The van der Waals surface area contributed by atoms with Gasteiger partial charge < -0.3 is 10.2 Å². The molecule has 0 bridgehead atoms. The summed E-state index contributed by atoms with van der Waals surface area (Å²) in [5.74, 6) is -0.602. The van der Waals surface area contributed by atoms with Crippen LogP contribution in [0.2, 0.25) is 0 Å². The minimum absolute atomic E-state index is 0.204. The van der Waals surface area contributed by atoms with Crippen LogP contribution >= 0.6 is 0 Å². The summed E-state index contributed by atoms with van der Waals surface area (Å²) < 4.78 is 0. The Morgan fingerprint density at radius 2 is 1.56 bits per heavy atom. The minimum atomic E-state index is -1.22. The van der Waals surface area contributed by atoms with E-state index >= 15 is 0 Å². The van der Waals surface area contributed by atoms with Crippen LogP contribution in [0.4, 0.5) is 4.79 Å². The number of carbonyl (C=O) groups is 3. The van der Waals surface area contributed by atoms with Gasteiger partial charge in [-0.1, -0.05) is 72.8 Å². The molecule has 0 radical (unpaired) electrons. The van der Waals surface area contributed by atoms with E-state index in [-0.39, 0.29) is 12.5 Å². The lowest BCUT2D eigenvalue weighted by molar-refractivity contribution is -0.139. The Kier molecular flexibility index (Phi) is 5.79. The van der Waals surface area contributed by atoms with Gasteiger partial charge in [-0.25, -0.2) is 4.79 Å². The molecule has 1 N–H and O–H groups in total. The lowest BCUT2D eigenvalue weighted by Crippen LogP contribution is -2.51. The van der Waals surface area contributed by atoms with Crippen molar-refractivity contribution in [1.82, 2.24) is 20.0 Å². The molecule has 1 atom stereocenters. The molecule has 3 aromatic carbocycles. The highest BCUT2D eigenvalue weighted by Crippen LogP contribution is 2.33. The monoisotopic (exact) mass is 456 g/mol. The number of nitrogens with one attached hydrogen (secondary N) is 1. The van der Waals surface area contributed by atoms with Crippen LogP contribution in [0.1, 0.15) is 18.1 Å². The van der Waals surface area contributed by atoms with Gasteiger partial charge in [-0.2, -0.15) is 0 Å². The zero-order valence-electron chi connectivity index (χ0n) is 19.2. The largest absolute Gasteiger partial charge is 0.339 e. The number of urea groups is 1. The number of piperazine rings is 1. The molecule has 5 rings (SSSR count). The van der Waals surface area contributed by atoms with Gasteiger partial charge in [0.25, 0.3) is 5.91 Å². The Bertz CT molecular complexity index is 1230. The summed E-state index contributed by atoms with van der Waals surface area (Å²) in [7, 11) is 0. The van der Waals surface area contributed by atoms with Crippen LogP contribution < -0.4 is 5.32 Å². The Morgan fingerprint density at radius 3 is 2.32 bits per heavy atom. The Morgan fingerprint density at radius 1 is 0.882 bits per heavy atom. The highest BCUT2D eigenvalue weighted by molar-refractivity contribution is 6.10. The van der Waals surface area contributed by atoms with E-state index < -0.39 is 17.5 Å². The second-order valence-corrected chi connectivity index (χ2v) is 9.12. The van der Waals surface area contributed by atoms with Gasteiger partial charge in [-0.3, -0.25) is 19.4 Å². The number of hydrogen-bond acceptors (Lipinski definition) is 4. The predicted molar refractivity (Wildman–Crippen MR) is 130 cm³/mol. The van der Waals surface area contributed by atoms with Crippen molar-refractivity contribution in [2.75, 3.05) is 32.7 Å². The second kappa shape index (κ2) is 8.91. The Labute approximate surface area is 198 Å². The standard InChI is InChI=1S/C27H28N4O3/c1-27(23-13-7-11-21-10-5-6-12-22(21)23)25(33)31(26(34)28-27)19-24(32)30-16-14-29(15-17-30)18-20-8-3-2-4-9-20/h2-13H,14-19H2,1H3,(H,28,34). The number of amides is 4. The number of fused-ring (bicyclic) bond motifs is 1. The van der Waals surface area contributed by atoms with Gasteiger partial charge in [0.2, 0.25) is 5.91 Å². The molecule has 0 aromatic heterocycles. The van der Waals surface area contributed by atoms with Gasteiger partial charge in [-0.15, -0.1) is 0 Å². The number of carbonyl (C=O) groups excluding carboxylic acids is 3. The summed E-state index contributed by atoms with van der Waals surface area (Å²) in [5.41, 5.74) is 0.759. The zero-order chi connectivity index (χ0) is 23.7. The molecule has 2 fully saturated rings. The highest BCUT2D eigenvalue weighted by Gasteiger charge is 2.50. The first kappa shape index (κ1) is 22.1. The number of rotatable bonds is 5. The molecular formula is C27H28N4O3. The molecule has 7 heteroatoms. The van der Waals surface area contributed by atoms with Gasteiger partial charge in [0, 0.05) is 32.7 Å². The summed E-state index contributed by atoms with van der Waals surface area (Å²) in [6.07, 6.45) is 0. The van der Waals surface area contributed by atoms with Gasteiger partial charge in [-0.05, 0) is 28.8 Å². The lowest BCUT2D eigenvalue weighted by atomic mass is 9.88. The molecule has 4 amide bonds. The van der Waals surface area contributed by atoms with Crippen LogP contribution in [0, 0.1) is 0 Å². The molecule has 0 saturated carbocycles. The van der Waals surface area contributed by atoms with Crippen LogP contribution in [0.25, 0.3) is 10.8 Å². The van der Waals surface area contributed by atoms with Crippen molar-refractivity contribution in [2.45, 2.75) is 19.0 Å². The summed E-state index contributed by atoms with van der Waals surface area (Å²) in [5, 5.41) is 4.74. The summed E-state index contributed by atoms with van der Waals surface area (Å²) in [6, 6.07) is 23.2. The topological polar surface area (TPSA) is 73.0 Å². The molecule has 2 aliphatic rings. The molecule has 7 nitrogen and oxygen atoms in total. The first-order valence-electron chi connectivity index (χ1n) is 11.6. The van der Waals surface area contributed by atoms with Crippen molar-refractivity contribution in [3.05, 3.63) is 83.9 Å². The fraction of sp³-hybridized carbons (Fsp3) is 0.296. The molecule has 2 saturated heterocycles. The van der Waals surface area contributed by atoms with Crippen LogP contribution in [0.15, 0.2) is 72.8 Å². The van der Waals surface area contributed by atoms with Crippen molar-refractivity contribution in [1.29, 1.82) is 0 Å². The average Bonchev–Trinajstić information content (AvgIpc) is 3.08. The van der Waals surface area contributed by atoms with Crippen molar-refractivity contribution < 1.29 is 14.4 Å². The Hall–Kier alpha value is -3.71. The van der Waals surface area contributed by atoms with Crippen LogP contribution in [0.3, 0.4) is 0 Å². The number of hydrogen-bond donors (Lipinski definition) is 1. The molecule has 3 aromatic rings. The summed E-state index contributed by atoms with van der Waals surface area (Å²) in [4.78, 5) is 44.3. The predicted octanol–water partition coefficient (Wildman–Crippen LogP) is 2.95. The van der Waals surface area contributed by atoms with E-state index in [9.17, 15) is 14.4 Å². The third-order valence-corrected chi connectivity index (χ3v) is 6.87. The van der Waals surface area contributed by atoms with Crippen molar-refractivity contribution >= 4 is 28.6 Å². The quantitative estimate of drug-likeness (QED) is 0.599. The minimum Gasteiger partial charge on any atom is -0.339 e. The smallest absolute Gasteiger partial charge is 0.325 e. The maximum atomic E-state index is 13.4. The number of benzene rings is 3. The van der Waals surface area contributed by atoms with E-state index in [1.807, 2.05) is 60.7 Å². The number of imide groups is 1. The van der Waals surface area contributed by atoms with E-state index in [1.54, 1.807) is 11.8 Å². The summed E-state index contributed by atoms with van der Waals surface area (Å²) >= 11 is 0. The highest BCUT2D eigenvalue weighted by atomic mass is 16.2. The van der Waals surface area contributed by atoms with Crippen molar-refractivity contribution in [3.8, 4) is 0 Å².